The molecule has 26 heavy (non-hydrogen) atoms. The minimum atomic E-state index is -3.93. The van der Waals surface area contributed by atoms with Crippen molar-refractivity contribution < 1.29 is 22.1 Å². The summed E-state index contributed by atoms with van der Waals surface area (Å²) in [5.41, 5.74) is -0.215. The summed E-state index contributed by atoms with van der Waals surface area (Å²) in [5.74, 6) is -0.628. The van der Waals surface area contributed by atoms with Crippen molar-refractivity contribution in [1.29, 1.82) is 0 Å². The van der Waals surface area contributed by atoms with Crippen molar-refractivity contribution in [2.24, 2.45) is 0 Å². The molecule has 1 aromatic carbocycles. The number of pyridine rings is 1. The Bertz CT molecular complexity index is 918. The van der Waals surface area contributed by atoms with Crippen molar-refractivity contribution in [3.05, 3.63) is 48.5 Å². The van der Waals surface area contributed by atoms with Crippen LogP contribution in [0.25, 0.3) is 0 Å². The molecule has 1 aromatic heterocycles. The Hall–Kier alpha value is -1.97. The molecular formula is C17H20BFN2O4S. The molecule has 0 radical (unpaired) electrons. The van der Waals surface area contributed by atoms with Gasteiger partial charge in [0.1, 0.15) is 5.82 Å². The smallest absolute Gasteiger partial charge is 0.399 e. The van der Waals surface area contributed by atoms with Gasteiger partial charge in [0.25, 0.3) is 10.0 Å². The number of benzene rings is 1. The van der Waals surface area contributed by atoms with Crippen LogP contribution >= 0.6 is 0 Å². The number of anilines is 1. The molecule has 2 heterocycles. The van der Waals surface area contributed by atoms with Gasteiger partial charge in [-0.2, -0.15) is 0 Å². The molecule has 1 fully saturated rings. The van der Waals surface area contributed by atoms with Gasteiger partial charge in [0.2, 0.25) is 0 Å². The first kappa shape index (κ1) is 18.8. The molecule has 6 nitrogen and oxygen atoms in total. The lowest BCUT2D eigenvalue weighted by atomic mass is 9.80. The van der Waals surface area contributed by atoms with E-state index in [-0.39, 0.29) is 10.6 Å². The van der Waals surface area contributed by atoms with Gasteiger partial charge in [-0.25, -0.2) is 12.8 Å². The first-order valence-corrected chi connectivity index (χ1v) is 9.57. The second-order valence-electron chi connectivity index (χ2n) is 7.16. The minimum absolute atomic E-state index is 0.168. The van der Waals surface area contributed by atoms with Crippen molar-refractivity contribution in [2.75, 3.05) is 4.72 Å². The molecule has 1 N–H and O–H groups in total. The van der Waals surface area contributed by atoms with Crippen molar-refractivity contribution >= 4 is 28.3 Å². The molecule has 0 aliphatic carbocycles. The minimum Gasteiger partial charge on any atom is -0.399 e. The van der Waals surface area contributed by atoms with Gasteiger partial charge in [-0.05, 0) is 52.0 Å². The van der Waals surface area contributed by atoms with Crippen LogP contribution in [0.4, 0.5) is 10.1 Å². The Morgan fingerprint density at radius 3 is 2.35 bits per heavy atom. The number of rotatable bonds is 4. The monoisotopic (exact) mass is 378 g/mol. The van der Waals surface area contributed by atoms with Crippen LogP contribution in [0.1, 0.15) is 27.7 Å². The summed E-state index contributed by atoms with van der Waals surface area (Å²) in [5, 5.41) is 0. The standard InChI is InChI=1S/C17H20BFN2O4S/c1-16(2)17(3,4)25-18(24-16)12-8-14(11-20-10-12)21-26(22,23)15-7-5-6-13(19)9-15/h5-11,21H,1-4H3. The fourth-order valence-electron chi connectivity index (χ4n) is 2.47. The van der Waals surface area contributed by atoms with Crippen LogP contribution in [0, 0.1) is 5.82 Å². The normalized spacial score (nSPS) is 18.7. The lowest BCUT2D eigenvalue weighted by molar-refractivity contribution is 0.00578. The fourth-order valence-corrected chi connectivity index (χ4v) is 3.54. The van der Waals surface area contributed by atoms with Gasteiger partial charge in [-0.3, -0.25) is 9.71 Å². The highest BCUT2D eigenvalue weighted by atomic mass is 32.2. The van der Waals surface area contributed by atoms with E-state index in [0.29, 0.717) is 5.46 Å². The Kier molecular flexibility index (Phi) is 4.58. The number of halogens is 1. The molecule has 0 atom stereocenters. The average Bonchev–Trinajstić information content (AvgIpc) is 2.75. The molecule has 1 saturated heterocycles. The van der Waals surface area contributed by atoms with Gasteiger partial charge in [-0.15, -0.1) is 0 Å². The number of nitrogens with zero attached hydrogens (tertiary/aromatic N) is 1. The zero-order valence-corrected chi connectivity index (χ0v) is 15.8. The molecule has 0 unspecified atom stereocenters. The summed E-state index contributed by atoms with van der Waals surface area (Å²) >= 11 is 0. The Balaban J connectivity index is 1.85. The van der Waals surface area contributed by atoms with Crippen LogP contribution < -0.4 is 10.2 Å². The third-order valence-corrected chi connectivity index (χ3v) is 6.02. The van der Waals surface area contributed by atoms with E-state index in [1.165, 1.54) is 24.4 Å². The second kappa shape index (κ2) is 6.33. The van der Waals surface area contributed by atoms with Gasteiger partial charge < -0.3 is 9.31 Å². The third-order valence-electron chi connectivity index (χ3n) is 4.64. The molecule has 9 heteroatoms. The van der Waals surface area contributed by atoms with Gasteiger partial charge in [0.05, 0.1) is 28.0 Å². The lowest BCUT2D eigenvalue weighted by Crippen LogP contribution is -2.41. The van der Waals surface area contributed by atoms with Gasteiger partial charge >= 0.3 is 7.12 Å². The topological polar surface area (TPSA) is 77.5 Å². The van der Waals surface area contributed by atoms with Gasteiger partial charge in [0.15, 0.2) is 0 Å². The van der Waals surface area contributed by atoms with Crippen LogP contribution in [0.2, 0.25) is 0 Å². The summed E-state index contributed by atoms with van der Waals surface area (Å²) in [4.78, 5) is 3.89. The molecule has 0 spiro atoms. The zero-order chi connectivity index (χ0) is 19.2. The van der Waals surface area contributed by atoms with Crippen LogP contribution in [0.5, 0.6) is 0 Å². The molecule has 2 aromatic rings. The zero-order valence-electron chi connectivity index (χ0n) is 15.0. The third kappa shape index (κ3) is 3.60. The molecule has 0 bridgehead atoms. The van der Waals surface area contributed by atoms with Crippen LogP contribution in [-0.4, -0.2) is 31.7 Å². The Labute approximate surface area is 152 Å². The van der Waals surface area contributed by atoms with Gasteiger partial charge in [0, 0.05) is 11.7 Å². The SMILES string of the molecule is CC1(C)OB(c2cncc(NS(=O)(=O)c3cccc(F)c3)c2)OC1(C)C. The largest absolute Gasteiger partial charge is 0.496 e. The Morgan fingerprint density at radius 2 is 1.73 bits per heavy atom. The van der Waals surface area contributed by atoms with E-state index in [1.54, 1.807) is 12.3 Å². The quantitative estimate of drug-likeness (QED) is 0.827. The predicted octanol–water partition coefficient (Wildman–Crippen LogP) is 2.32. The van der Waals surface area contributed by atoms with E-state index in [1.807, 2.05) is 27.7 Å². The Morgan fingerprint density at radius 1 is 1.08 bits per heavy atom. The maximum Gasteiger partial charge on any atom is 0.496 e. The van der Waals surface area contributed by atoms with Crippen molar-refractivity contribution in [2.45, 2.75) is 43.8 Å². The molecule has 3 rings (SSSR count). The molecule has 1 aliphatic heterocycles. The summed E-state index contributed by atoms with van der Waals surface area (Å²) < 4.78 is 52.5. The van der Waals surface area contributed by atoms with E-state index in [4.69, 9.17) is 9.31 Å². The summed E-state index contributed by atoms with van der Waals surface area (Å²) in [6, 6.07) is 6.37. The first-order valence-electron chi connectivity index (χ1n) is 8.09. The highest BCUT2D eigenvalue weighted by Crippen LogP contribution is 2.36. The predicted molar refractivity (Wildman–Crippen MR) is 97.2 cm³/mol. The molecule has 138 valence electrons. The van der Waals surface area contributed by atoms with E-state index in [9.17, 15) is 12.8 Å². The molecule has 1 aliphatic rings. The highest BCUT2D eigenvalue weighted by molar-refractivity contribution is 7.92. The van der Waals surface area contributed by atoms with Crippen LogP contribution in [0.3, 0.4) is 0 Å². The maximum atomic E-state index is 13.3. The van der Waals surface area contributed by atoms with Gasteiger partial charge in [-0.1, -0.05) is 6.07 Å². The van der Waals surface area contributed by atoms with E-state index in [0.717, 1.165) is 6.07 Å². The number of aromatic nitrogens is 1. The molecule has 0 saturated carbocycles. The first-order chi connectivity index (χ1) is 12.0. The van der Waals surface area contributed by atoms with E-state index >= 15 is 0 Å². The average molecular weight is 378 g/mol. The van der Waals surface area contributed by atoms with Crippen molar-refractivity contribution in [3.63, 3.8) is 0 Å². The summed E-state index contributed by atoms with van der Waals surface area (Å²) in [7, 11) is -4.59. The molecule has 0 amide bonds. The summed E-state index contributed by atoms with van der Waals surface area (Å²) in [6.07, 6.45) is 2.92. The number of hydrogen-bond donors (Lipinski definition) is 1. The van der Waals surface area contributed by atoms with E-state index < -0.39 is 34.2 Å². The van der Waals surface area contributed by atoms with Crippen LogP contribution in [0.15, 0.2) is 47.6 Å². The van der Waals surface area contributed by atoms with Crippen LogP contribution in [-0.2, 0) is 19.3 Å². The fraction of sp³-hybridized carbons (Fsp3) is 0.353. The maximum absolute atomic E-state index is 13.3. The summed E-state index contributed by atoms with van der Waals surface area (Å²) in [6.45, 7) is 7.71. The number of hydrogen-bond acceptors (Lipinski definition) is 5. The lowest BCUT2D eigenvalue weighted by Gasteiger charge is -2.32. The van der Waals surface area contributed by atoms with E-state index in [2.05, 4.69) is 9.71 Å². The number of nitrogens with one attached hydrogen (secondary N) is 1. The second-order valence-corrected chi connectivity index (χ2v) is 8.84. The highest BCUT2D eigenvalue weighted by Gasteiger charge is 2.51. The number of sulfonamides is 1. The van der Waals surface area contributed by atoms with Crippen molar-refractivity contribution in [1.82, 2.24) is 4.98 Å². The van der Waals surface area contributed by atoms with Crippen molar-refractivity contribution in [3.8, 4) is 0 Å². The molecular weight excluding hydrogens is 358 g/mol.